The Morgan fingerprint density at radius 3 is 2.93 bits per heavy atom. The van der Waals surface area contributed by atoms with E-state index in [-0.39, 0.29) is 0 Å². The van der Waals surface area contributed by atoms with E-state index in [1.807, 2.05) is 19.9 Å². The van der Waals surface area contributed by atoms with E-state index in [2.05, 4.69) is 20.4 Å². The quantitative estimate of drug-likeness (QED) is 0.712. The molecular formula is C9H10N4O. The first-order chi connectivity index (χ1) is 6.63. The van der Waals surface area contributed by atoms with Crippen molar-refractivity contribution in [2.24, 2.45) is 0 Å². The van der Waals surface area contributed by atoms with Gasteiger partial charge in [0, 0.05) is 11.6 Å². The van der Waals surface area contributed by atoms with Crippen LogP contribution in [0.4, 0.5) is 0 Å². The summed E-state index contributed by atoms with van der Waals surface area (Å²) in [6.45, 7) is 3.67. The molecule has 5 nitrogen and oxygen atoms in total. The Labute approximate surface area is 80.5 Å². The number of rotatable bonds is 2. The summed E-state index contributed by atoms with van der Waals surface area (Å²) in [5.74, 6) is 0. The number of nitrogens with zero attached hydrogens (tertiary/aromatic N) is 3. The number of hydrogen-bond acceptors (Lipinski definition) is 4. The SMILES string of the molecule is CC(C)(C=O)c1cnc2n[nH]nc2c1. The Hall–Kier alpha value is -1.78. The number of hydrogen-bond donors (Lipinski definition) is 1. The van der Waals surface area contributed by atoms with Gasteiger partial charge in [0.2, 0.25) is 5.65 Å². The molecule has 0 saturated carbocycles. The lowest BCUT2D eigenvalue weighted by atomic mass is 9.87. The summed E-state index contributed by atoms with van der Waals surface area (Å²) in [5.41, 5.74) is 1.56. The number of aromatic amines is 1. The molecule has 0 aliphatic rings. The van der Waals surface area contributed by atoms with Gasteiger partial charge in [0.15, 0.2) is 0 Å². The molecule has 0 fully saturated rings. The fourth-order valence-corrected chi connectivity index (χ4v) is 1.16. The first kappa shape index (κ1) is 8.80. The van der Waals surface area contributed by atoms with Crippen LogP contribution >= 0.6 is 0 Å². The van der Waals surface area contributed by atoms with Crippen molar-refractivity contribution in [3.8, 4) is 0 Å². The summed E-state index contributed by atoms with van der Waals surface area (Å²) in [6.07, 6.45) is 2.55. The number of aromatic nitrogens is 4. The minimum Gasteiger partial charge on any atom is -0.302 e. The standard InChI is InChI=1S/C9H10N4O/c1-9(2,5-14)6-3-7-8(10-4-6)12-13-11-7/h3-5H,1-2H3,(H,10,11,12,13). The minimum absolute atomic E-state index is 0.528. The van der Waals surface area contributed by atoms with E-state index < -0.39 is 5.41 Å². The van der Waals surface area contributed by atoms with Gasteiger partial charge in [0.1, 0.15) is 11.8 Å². The Kier molecular flexibility index (Phi) is 1.80. The number of fused-ring (bicyclic) bond motifs is 1. The Balaban J connectivity index is 2.59. The molecule has 0 atom stereocenters. The van der Waals surface area contributed by atoms with E-state index in [0.29, 0.717) is 11.2 Å². The van der Waals surface area contributed by atoms with Crippen LogP contribution in [0.2, 0.25) is 0 Å². The van der Waals surface area contributed by atoms with Gasteiger partial charge in [-0.05, 0) is 25.5 Å². The van der Waals surface area contributed by atoms with Gasteiger partial charge in [-0.2, -0.15) is 10.3 Å². The maximum absolute atomic E-state index is 10.8. The third-order valence-corrected chi connectivity index (χ3v) is 2.21. The highest BCUT2D eigenvalue weighted by atomic mass is 16.1. The van der Waals surface area contributed by atoms with E-state index in [0.717, 1.165) is 11.8 Å². The molecule has 0 saturated heterocycles. The second kappa shape index (κ2) is 2.87. The molecular weight excluding hydrogens is 180 g/mol. The number of carbonyl (C=O) groups is 1. The summed E-state index contributed by atoms with van der Waals surface area (Å²) in [7, 11) is 0. The van der Waals surface area contributed by atoms with Gasteiger partial charge < -0.3 is 4.79 Å². The van der Waals surface area contributed by atoms with E-state index in [1.165, 1.54) is 0 Å². The molecule has 0 aliphatic heterocycles. The van der Waals surface area contributed by atoms with Crippen LogP contribution in [0.25, 0.3) is 11.2 Å². The first-order valence-corrected chi connectivity index (χ1v) is 4.27. The highest BCUT2D eigenvalue weighted by Crippen LogP contribution is 2.21. The van der Waals surface area contributed by atoms with Crippen molar-refractivity contribution in [3.63, 3.8) is 0 Å². The Morgan fingerprint density at radius 1 is 1.43 bits per heavy atom. The fourth-order valence-electron chi connectivity index (χ4n) is 1.16. The Morgan fingerprint density at radius 2 is 2.21 bits per heavy atom. The molecule has 2 aromatic heterocycles. The van der Waals surface area contributed by atoms with Gasteiger partial charge in [-0.1, -0.05) is 0 Å². The maximum Gasteiger partial charge on any atom is 0.201 e. The molecule has 5 heteroatoms. The van der Waals surface area contributed by atoms with Crippen LogP contribution in [0.3, 0.4) is 0 Å². The summed E-state index contributed by atoms with van der Waals surface area (Å²) in [5, 5.41) is 10.2. The normalized spacial score (nSPS) is 11.9. The zero-order valence-electron chi connectivity index (χ0n) is 7.98. The van der Waals surface area contributed by atoms with Crippen LogP contribution in [0.5, 0.6) is 0 Å². The summed E-state index contributed by atoms with van der Waals surface area (Å²) in [6, 6.07) is 1.82. The summed E-state index contributed by atoms with van der Waals surface area (Å²) >= 11 is 0. The monoisotopic (exact) mass is 190 g/mol. The number of pyridine rings is 1. The Bertz CT molecular complexity index is 474. The van der Waals surface area contributed by atoms with Gasteiger partial charge in [-0.15, -0.1) is 5.10 Å². The topological polar surface area (TPSA) is 71.5 Å². The molecule has 0 spiro atoms. The van der Waals surface area contributed by atoms with Gasteiger partial charge >= 0.3 is 0 Å². The lowest BCUT2D eigenvalue weighted by Crippen LogP contribution is -2.18. The molecule has 2 rings (SSSR count). The molecule has 2 heterocycles. The van der Waals surface area contributed by atoms with Crippen LogP contribution in [0.1, 0.15) is 19.4 Å². The molecule has 0 amide bonds. The third-order valence-electron chi connectivity index (χ3n) is 2.21. The number of nitrogens with one attached hydrogen (secondary N) is 1. The summed E-state index contributed by atoms with van der Waals surface area (Å²) in [4.78, 5) is 14.9. The summed E-state index contributed by atoms with van der Waals surface area (Å²) < 4.78 is 0. The molecule has 72 valence electrons. The lowest BCUT2D eigenvalue weighted by molar-refractivity contribution is -0.111. The molecule has 14 heavy (non-hydrogen) atoms. The van der Waals surface area contributed by atoms with Crippen LogP contribution in [0.15, 0.2) is 12.3 Å². The maximum atomic E-state index is 10.8. The molecule has 0 aromatic carbocycles. The highest BCUT2D eigenvalue weighted by molar-refractivity contribution is 5.73. The number of carbonyl (C=O) groups excluding carboxylic acids is 1. The van der Waals surface area contributed by atoms with Crippen LogP contribution in [-0.2, 0) is 10.2 Å². The van der Waals surface area contributed by atoms with Crippen LogP contribution < -0.4 is 0 Å². The highest BCUT2D eigenvalue weighted by Gasteiger charge is 2.20. The van der Waals surface area contributed by atoms with E-state index in [9.17, 15) is 4.79 Å². The average molecular weight is 190 g/mol. The molecule has 1 N–H and O–H groups in total. The first-order valence-electron chi connectivity index (χ1n) is 4.27. The molecule has 0 aliphatic carbocycles. The zero-order valence-corrected chi connectivity index (χ0v) is 7.98. The van der Waals surface area contributed by atoms with Crippen LogP contribution in [0, 0.1) is 0 Å². The van der Waals surface area contributed by atoms with Crippen molar-refractivity contribution < 1.29 is 4.79 Å². The fraction of sp³-hybridized carbons (Fsp3) is 0.333. The van der Waals surface area contributed by atoms with Crippen LogP contribution in [-0.4, -0.2) is 26.7 Å². The predicted molar refractivity (Wildman–Crippen MR) is 50.8 cm³/mol. The minimum atomic E-state index is -0.528. The van der Waals surface area contributed by atoms with Crippen molar-refractivity contribution in [1.29, 1.82) is 0 Å². The molecule has 0 radical (unpaired) electrons. The van der Waals surface area contributed by atoms with Crippen molar-refractivity contribution in [2.45, 2.75) is 19.3 Å². The molecule has 2 aromatic rings. The smallest absolute Gasteiger partial charge is 0.201 e. The van der Waals surface area contributed by atoms with Crippen molar-refractivity contribution >= 4 is 17.5 Å². The molecule has 0 bridgehead atoms. The largest absolute Gasteiger partial charge is 0.302 e. The predicted octanol–water partition coefficient (Wildman–Crippen LogP) is 0.829. The second-order valence-electron chi connectivity index (χ2n) is 3.73. The number of H-pyrrole nitrogens is 1. The lowest BCUT2D eigenvalue weighted by Gasteiger charge is -2.15. The van der Waals surface area contributed by atoms with E-state index in [4.69, 9.17) is 0 Å². The van der Waals surface area contributed by atoms with Gasteiger partial charge in [0.05, 0.1) is 0 Å². The second-order valence-corrected chi connectivity index (χ2v) is 3.73. The van der Waals surface area contributed by atoms with Gasteiger partial charge in [0.25, 0.3) is 0 Å². The average Bonchev–Trinajstić information content (AvgIpc) is 2.64. The van der Waals surface area contributed by atoms with Crippen molar-refractivity contribution in [1.82, 2.24) is 20.4 Å². The third kappa shape index (κ3) is 1.26. The zero-order chi connectivity index (χ0) is 10.2. The van der Waals surface area contributed by atoms with Crippen molar-refractivity contribution in [2.75, 3.05) is 0 Å². The van der Waals surface area contributed by atoms with Gasteiger partial charge in [-0.25, -0.2) is 4.98 Å². The van der Waals surface area contributed by atoms with Crippen molar-refractivity contribution in [3.05, 3.63) is 17.8 Å². The van der Waals surface area contributed by atoms with E-state index >= 15 is 0 Å². The van der Waals surface area contributed by atoms with E-state index in [1.54, 1.807) is 6.20 Å². The van der Waals surface area contributed by atoms with Gasteiger partial charge in [-0.3, -0.25) is 0 Å². The number of aldehydes is 1. The molecule has 0 unspecified atom stereocenters.